The van der Waals surface area contributed by atoms with E-state index in [1.54, 1.807) is 24.3 Å². The van der Waals surface area contributed by atoms with Gasteiger partial charge in [-0.25, -0.2) is 9.18 Å². The molecule has 0 saturated carbocycles. The Morgan fingerprint density at radius 3 is 2.68 bits per heavy atom. The van der Waals surface area contributed by atoms with Crippen molar-refractivity contribution in [2.24, 2.45) is 0 Å². The maximum Gasteiger partial charge on any atom is 0.336 e. The molecule has 0 heterocycles. The molecule has 2 N–H and O–H groups in total. The normalized spacial score (nSPS) is 10.2. The summed E-state index contributed by atoms with van der Waals surface area (Å²) in [6.45, 7) is 0.280. The number of rotatable bonds is 4. The average molecular weight is 280 g/mol. The van der Waals surface area contributed by atoms with Crippen LogP contribution in [-0.4, -0.2) is 11.1 Å². The van der Waals surface area contributed by atoms with Crippen molar-refractivity contribution in [2.75, 3.05) is 5.32 Å². The van der Waals surface area contributed by atoms with Crippen LogP contribution in [0.4, 0.5) is 10.1 Å². The number of carboxylic acid groups (broad SMARTS) is 1. The predicted octanol–water partition coefficient (Wildman–Crippen LogP) is 3.79. The van der Waals surface area contributed by atoms with Crippen LogP contribution in [0.5, 0.6) is 0 Å². The zero-order valence-corrected chi connectivity index (χ0v) is 10.6. The fraction of sp³-hybridized carbons (Fsp3) is 0.0714. The van der Waals surface area contributed by atoms with Crippen LogP contribution in [0.25, 0.3) is 0 Å². The highest BCUT2D eigenvalue weighted by Crippen LogP contribution is 2.19. The van der Waals surface area contributed by atoms with Crippen LogP contribution in [0.15, 0.2) is 42.5 Å². The minimum Gasteiger partial charge on any atom is -0.478 e. The number of hydrogen-bond donors (Lipinski definition) is 2. The van der Waals surface area contributed by atoms with Gasteiger partial charge in [0.25, 0.3) is 0 Å². The van der Waals surface area contributed by atoms with Crippen molar-refractivity contribution < 1.29 is 14.3 Å². The topological polar surface area (TPSA) is 49.3 Å². The van der Waals surface area contributed by atoms with E-state index in [1.165, 1.54) is 18.2 Å². The van der Waals surface area contributed by atoms with Gasteiger partial charge in [-0.2, -0.15) is 0 Å². The van der Waals surface area contributed by atoms with Crippen molar-refractivity contribution in [1.82, 2.24) is 0 Å². The summed E-state index contributed by atoms with van der Waals surface area (Å²) in [6.07, 6.45) is 0. The van der Waals surface area contributed by atoms with E-state index in [1.807, 2.05) is 0 Å². The number of anilines is 1. The van der Waals surface area contributed by atoms with Gasteiger partial charge in [-0.3, -0.25) is 0 Å². The van der Waals surface area contributed by atoms with Crippen molar-refractivity contribution in [2.45, 2.75) is 6.54 Å². The quantitative estimate of drug-likeness (QED) is 0.895. The molecule has 2 rings (SSSR count). The first-order chi connectivity index (χ1) is 9.06. The molecule has 0 radical (unpaired) electrons. The Kier molecular flexibility index (Phi) is 4.02. The lowest BCUT2D eigenvalue weighted by Crippen LogP contribution is -2.07. The number of carboxylic acids is 1. The second-order valence-corrected chi connectivity index (χ2v) is 4.41. The van der Waals surface area contributed by atoms with Crippen LogP contribution in [-0.2, 0) is 6.54 Å². The Hall–Kier alpha value is -2.07. The Morgan fingerprint density at radius 2 is 2.00 bits per heavy atom. The van der Waals surface area contributed by atoms with E-state index in [9.17, 15) is 9.18 Å². The van der Waals surface area contributed by atoms with E-state index >= 15 is 0 Å². The molecule has 0 spiro atoms. The van der Waals surface area contributed by atoms with E-state index in [0.717, 1.165) is 0 Å². The minimum atomic E-state index is -0.991. The molecule has 98 valence electrons. The van der Waals surface area contributed by atoms with Gasteiger partial charge in [-0.15, -0.1) is 0 Å². The van der Waals surface area contributed by atoms with Crippen molar-refractivity contribution >= 4 is 23.3 Å². The van der Waals surface area contributed by atoms with Gasteiger partial charge in [0.1, 0.15) is 5.82 Å². The van der Waals surface area contributed by atoms with Gasteiger partial charge in [0.05, 0.1) is 5.56 Å². The Labute approximate surface area is 114 Å². The van der Waals surface area contributed by atoms with E-state index in [0.29, 0.717) is 11.3 Å². The second kappa shape index (κ2) is 5.71. The van der Waals surface area contributed by atoms with E-state index in [4.69, 9.17) is 16.7 Å². The molecule has 0 saturated heterocycles. The molecule has 0 aliphatic heterocycles. The maximum absolute atomic E-state index is 13.1. The molecule has 19 heavy (non-hydrogen) atoms. The van der Waals surface area contributed by atoms with E-state index in [-0.39, 0.29) is 17.1 Å². The molecule has 2 aromatic carbocycles. The summed E-state index contributed by atoms with van der Waals surface area (Å²) in [4.78, 5) is 11.0. The van der Waals surface area contributed by atoms with Gasteiger partial charge in [-0.1, -0.05) is 29.8 Å². The van der Waals surface area contributed by atoms with Crippen LogP contribution in [0.2, 0.25) is 5.02 Å². The van der Waals surface area contributed by atoms with Crippen molar-refractivity contribution in [3.8, 4) is 0 Å². The third-order valence-corrected chi connectivity index (χ3v) is 2.81. The number of nitrogens with one attached hydrogen (secondary N) is 1. The smallest absolute Gasteiger partial charge is 0.336 e. The zero-order chi connectivity index (χ0) is 13.8. The Balaban J connectivity index is 2.16. The van der Waals surface area contributed by atoms with Crippen molar-refractivity contribution in [3.05, 3.63) is 64.4 Å². The zero-order valence-electron chi connectivity index (χ0n) is 9.86. The molecule has 0 atom stereocenters. The molecular weight excluding hydrogens is 269 g/mol. The number of carbonyl (C=O) groups is 1. The van der Waals surface area contributed by atoms with Crippen LogP contribution in [0, 0.1) is 5.82 Å². The Bertz CT molecular complexity index is 596. The monoisotopic (exact) mass is 279 g/mol. The summed E-state index contributed by atoms with van der Waals surface area (Å²) in [7, 11) is 0. The fourth-order valence-electron chi connectivity index (χ4n) is 1.74. The van der Waals surface area contributed by atoms with Gasteiger partial charge in [0.2, 0.25) is 0 Å². The SMILES string of the molecule is O=C(O)c1ccccc1CNc1cc(F)cc(Cl)c1. The number of halogens is 2. The molecule has 0 aliphatic rings. The highest BCUT2D eigenvalue weighted by Gasteiger charge is 2.08. The van der Waals surface area contributed by atoms with Crippen LogP contribution < -0.4 is 5.32 Å². The molecule has 0 fully saturated rings. The summed E-state index contributed by atoms with van der Waals surface area (Å²) in [5.74, 6) is -1.43. The third kappa shape index (κ3) is 3.45. The van der Waals surface area contributed by atoms with Gasteiger partial charge in [0.15, 0.2) is 0 Å². The lowest BCUT2D eigenvalue weighted by molar-refractivity contribution is 0.0696. The summed E-state index contributed by atoms with van der Waals surface area (Å²) in [5.41, 5.74) is 1.35. The first kappa shape index (κ1) is 13.4. The molecule has 0 aliphatic carbocycles. The van der Waals surface area contributed by atoms with Crippen LogP contribution in [0.1, 0.15) is 15.9 Å². The second-order valence-electron chi connectivity index (χ2n) is 3.97. The average Bonchev–Trinajstić information content (AvgIpc) is 2.35. The largest absolute Gasteiger partial charge is 0.478 e. The summed E-state index contributed by atoms with van der Waals surface area (Å²) < 4.78 is 13.1. The molecular formula is C14H11ClFNO2. The third-order valence-electron chi connectivity index (χ3n) is 2.59. The number of aromatic carboxylic acids is 1. The highest BCUT2D eigenvalue weighted by atomic mass is 35.5. The van der Waals surface area contributed by atoms with E-state index < -0.39 is 11.8 Å². The standard InChI is InChI=1S/C14H11ClFNO2/c15-10-5-11(16)7-12(6-10)17-8-9-3-1-2-4-13(9)14(18)19/h1-7,17H,8H2,(H,18,19). The summed E-state index contributed by atoms with van der Waals surface area (Å²) >= 11 is 5.74. The first-order valence-corrected chi connectivity index (χ1v) is 5.95. The molecule has 3 nitrogen and oxygen atoms in total. The number of hydrogen-bond acceptors (Lipinski definition) is 2. The van der Waals surface area contributed by atoms with Crippen molar-refractivity contribution in [1.29, 1.82) is 0 Å². The van der Waals surface area contributed by atoms with E-state index in [2.05, 4.69) is 5.32 Å². The number of benzene rings is 2. The van der Waals surface area contributed by atoms with Crippen LogP contribution in [0.3, 0.4) is 0 Å². The molecule has 0 bridgehead atoms. The maximum atomic E-state index is 13.1. The summed E-state index contributed by atoms with van der Waals surface area (Å²) in [6, 6.07) is 10.7. The minimum absolute atomic E-state index is 0.220. The first-order valence-electron chi connectivity index (χ1n) is 5.57. The lowest BCUT2D eigenvalue weighted by atomic mass is 10.1. The Morgan fingerprint density at radius 1 is 1.26 bits per heavy atom. The van der Waals surface area contributed by atoms with Crippen LogP contribution >= 0.6 is 11.6 Å². The molecule has 0 aromatic heterocycles. The van der Waals surface area contributed by atoms with Gasteiger partial charge < -0.3 is 10.4 Å². The van der Waals surface area contributed by atoms with Gasteiger partial charge in [-0.05, 0) is 29.8 Å². The summed E-state index contributed by atoms with van der Waals surface area (Å²) in [5, 5.41) is 12.3. The molecule has 0 unspecified atom stereocenters. The fourth-order valence-corrected chi connectivity index (χ4v) is 1.96. The molecule has 2 aromatic rings. The lowest BCUT2D eigenvalue weighted by Gasteiger charge is -2.09. The predicted molar refractivity (Wildman–Crippen MR) is 72.1 cm³/mol. The highest BCUT2D eigenvalue weighted by molar-refractivity contribution is 6.30. The van der Waals surface area contributed by atoms with Gasteiger partial charge >= 0.3 is 5.97 Å². The molecule has 5 heteroatoms. The molecule has 0 amide bonds. The van der Waals surface area contributed by atoms with Gasteiger partial charge in [0, 0.05) is 17.3 Å². The van der Waals surface area contributed by atoms with Crippen molar-refractivity contribution in [3.63, 3.8) is 0 Å².